The van der Waals surface area contributed by atoms with E-state index < -0.39 is 0 Å². The Labute approximate surface area is 80.3 Å². The molecule has 0 aromatic carbocycles. The first-order chi connectivity index (χ1) is 6.24. The highest BCUT2D eigenvalue weighted by Gasteiger charge is 2.18. The predicted octanol–water partition coefficient (Wildman–Crippen LogP) is 1.40. The summed E-state index contributed by atoms with van der Waals surface area (Å²) in [6.45, 7) is 7.23. The molecule has 1 unspecified atom stereocenters. The van der Waals surface area contributed by atoms with Gasteiger partial charge in [0.15, 0.2) is 0 Å². The molecule has 0 aromatic rings. The van der Waals surface area contributed by atoms with Crippen molar-refractivity contribution in [2.24, 2.45) is 0 Å². The fourth-order valence-corrected chi connectivity index (χ4v) is 1.62. The van der Waals surface area contributed by atoms with Crippen molar-refractivity contribution in [3.8, 4) is 6.07 Å². The summed E-state index contributed by atoms with van der Waals surface area (Å²) in [5.74, 6) is 0. The average Bonchev–Trinajstić information content (AvgIpc) is 2.30. The third-order valence-corrected chi connectivity index (χ3v) is 2.52. The maximum atomic E-state index is 8.54. The molecule has 1 aliphatic heterocycles. The van der Waals surface area contributed by atoms with Gasteiger partial charge in [0.1, 0.15) is 0 Å². The zero-order valence-electron chi connectivity index (χ0n) is 8.49. The monoisotopic (exact) mass is 182 g/mol. The fraction of sp³-hybridized carbons (Fsp3) is 0.900. The molecule has 3 heteroatoms. The summed E-state index contributed by atoms with van der Waals surface area (Å²) in [6.07, 6.45) is 1.69. The van der Waals surface area contributed by atoms with Crippen LogP contribution < -0.4 is 0 Å². The predicted molar refractivity (Wildman–Crippen MR) is 51.3 cm³/mol. The topological polar surface area (TPSA) is 36.3 Å². The highest BCUT2D eigenvalue weighted by atomic mass is 16.5. The Hall–Kier alpha value is -0.590. The summed E-state index contributed by atoms with van der Waals surface area (Å²) in [5, 5.41) is 8.54. The second-order valence-corrected chi connectivity index (χ2v) is 3.77. The standard InChI is InChI=1S/C10H18N2O/c1-9(2)12-6-4-10(3-5-11)13-8-7-12/h9-10H,3-4,6-8H2,1-2H3. The summed E-state index contributed by atoms with van der Waals surface area (Å²) in [5.41, 5.74) is 0. The molecule has 0 aromatic heterocycles. The smallest absolute Gasteiger partial charge is 0.0717 e. The Morgan fingerprint density at radius 3 is 2.92 bits per heavy atom. The van der Waals surface area contributed by atoms with E-state index in [2.05, 4.69) is 24.8 Å². The number of nitriles is 1. The molecule has 0 amide bonds. The van der Waals surface area contributed by atoms with E-state index in [1.807, 2.05) is 0 Å². The van der Waals surface area contributed by atoms with Gasteiger partial charge in [-0.05, 0) is 20.3 Å². The van der Waals surface area contributed by atoms with Crippen LogP contribution >= 0.6 is 0 Å². The first-order valence-electron chi connectivity index (χ1n) is 4.96. The second-order valence-electron chi connectivity index (χ2n) is 3.77. The van der Waals surface area contributed by atoms with Crippen LogP contribution in [0.25, 0.3) is 0 Å². The van der Waals surface area contributed by atoms with Crippen LogP contribution in [0.1, 0.15) is 26.7 Å². The quantitative estimate of drug-likeness (QED) is 0.647. The van der Waals surface area contributed by atoms with Crippen LogP contribution in [-0.2, 0) is 4.74 Å². The molecule has 0 spiro atoms. The lowest BCUT2D eigenvalue weighted by atomic mass is 10.2. The number of rotatable bonds is 2. The molecule has 3 nitrogen and oxygen atoms in total. The molecule has 1 atom stereocenters. The highest BCUT2D eigenvalue weighted by Crippen LogP contribution is 2.11. The van der Waals surface area contributed by atoms with Crippen molar-refractivity contribution in [2.45, 2.75) is 38.8 Å². The van der Waals surface area contributed by atoms with Crippen LogP contribution in [0.5, 0.6) is 0 Å². The van der Waals surface area contributed by atoms with Gasteiger partial charge in [0, 0.05) is 19.1 Å². The van der Waals surface area contributed by atoms with Gasteiger partial charge in [-0.15, -0.1) is 0 Å². The van der Waals surface area contributed by atoms with Gasteiger partial charge >= 0.3 is 0 Å². The van der Waals surface area contributed by atoms with Gasteiger partial charge in [-0.25, -0.2) is 0 Å². The van der Waals surface area contributed by atoms with Crippen molar-refractivity contribution in [1.29, 1.82) is 5.26 Å². The number of nitrogens with zero attached hydrogens (tertiary/aromatic N) is 2. The van der Waals surface area contributed by atoms with Gasteiger partial charge in [-0.2, -0.15) is 5.26 Å². The van der Waals surface area contributed by atoms with Crippen molar-refractivity contribution in [3.63, 3.8) is 0 Å². The van der Waals surface area contributed by atoms with Gasteiger partial charge in [0.25, 0.3) is 0 Å². The molecular weight excluding hydrogens is 164 g/mol. The van der Waals surface area contributed by atoms with E-state index >= 15 is 0 Å². The molecule has 1 aliphatic rings. The first kappa shape index (κ1) is 10.5. The van der Waals surface area contributed by atoms with E-state index in [1.54, 1.807) is 0 Å². The Balaban J connectivity index is 2.36. The van der Waals surface area contributed by atoms with Crippen molar-refractivity contribution >= 4 is 0 Å². The van der Waals surface area contributed by atoms with Gasteiger partial charge < -0.3 is 4.74 Å². The van der Waals surface area contributed by atoms with Crippen LogP contribution in [0.15, 0.2) is 0 Å². The maximum absolute atomic E-state index is 8.54. The Bertz CT molecular complexity index is 186. The Morgan fingerprint density at radius 2 is 2.31 bits per heavy atom. The second kappa shape index (κ2) is 5.21. The minimum Gasteiger partial charge on any atom is -0.376 e. The Morgan fingerprint density at radius 1 is 1.54 bits per heavy atom. The molecule has 13 heavy (non-hydrogen) atoms. The molecule has 1 saturated heterocycles. The van der Waals surface area contributed by atoms with Crippen molar-refractivity contribution in [1.82, 2.24) is 4.90 Å². The lowest BCUT2D eigenvalue weighted by Gasteiger charge is -2.23. The van der Waals surface area contributed by atoms with Crippen LogP contribution in [0.3, 0.4) is 0 Å². The fourth-order valence-electron chi connectivity index (χ4n) is 1.62. The van der Waals surface area contributed by atoms with E-state index in [9.17, 15) is 0 Å². The molecule has 0 N–H and O–H groups in total. The Kier molecular flexibility index (Phi) is 4.20. The third kappa shape index (κ3) is 3.33. The molecule has 1 rings (SSSR count). The maximum Gasteiger partial charge on any atom is 0.0717 e. The van der Waals surface area contributed by atoms with Gasteiger partial charge in [0.2, 0.25) is 0 Å². The molecule has 0 saturated carbocycles. The number of ether oxygens (including phenoxy) is 1. The number of hydrogen-bond acceptors (Lipinski definition) is 3. The van der Waals surface area contributed by atoms with E-state index in [4.69, 9.17) is 10.00 Å². The molecule has 1 heterocycles. The summed E-state index contributed by atoms with van der Waals surface area (Å²) >= 11 is 0. The van der Waals surface area contributed by atoms with Crippen molar-refractivity contribution in [2.75, 3.05) is 19.7 Å². The lowest BCUT2D eigenvalue weighted by molar-refractivity contribution is 0.0644. The van der Waals surface area contributed by atoms with E-state index in [0.717, 1.165) is 26.1 Å². The molecule has 1 fully saturated rings. The molecule has 74 valence electrons. The van der Waals surface area contributed by atoms with Gasteiger partial charge in [-0.3, -0.25) is 4.90 Å². The van der Waals surface area contributed by atoms with Gasteiger partial charge in [0.05, 0.1) is 25.2 Å². The minimum atomic E-state index is 0.161. The molecule has 0 aliphatic carbocycles. The van der Waals surface area contributed by atoms with Crippen LogP contribution in [0.4, 0.5) is 0 Å². The lowest BCUT2D eigenvalue weighted by Crippen LogP contribution is -2.32. The summed E-state index contributed by atoms with van der Waals surface area (Å²) < 4.78 is 5.56. The first-order valence-corrected chi connectivity index (χ1v) is 4.96. The minimum absolute atomic E-state index is 0.161. The normalized spacial score (nSPS) is 25.5. The summed E-state index contributed by atoms with van der Waals surface area (Å²) in [6, 6.07) is 2.75. The zero-order chi connectivity index (χ0) is 9.68. The summed E-state index contributed by atoms with van der Waals surface area (Å²) in [4.78, 5) is 2.40. The summed E-state index contributed by atoms with van der Waals surface area (Å²) in [7, 11) is 0. The zero-order valence-corrected chi connectivity index (χ0v) is 8.49. The average molecular weight is 182 g/mol. The highest BCUT2D eigenvalue weighted by molar-refractivity contribution is 4.79. The van der Waals surface area contributed by atoms with Crippen molar-refractivity contribution < 1.29 is 4.74 Å². The van der Waals surface area contributed by atoms with Gasteiger partial charge in [-0.1, -0.05) is 0 Å². The van der Waals surface area contributed by atoms with Crippen LogP contribution in [0, 0.1) is 11.3 Å². The molecular formula is C10H18N2O. The van der Waals surface area contributed by atoms with E-state index in [0.29, 0.717) is 12.5 Å². The molecule has 0 radical (unpaired) electrons. The van der Waals surface area contributed by atoms with Crippen LogP contribution in [-0.4, -0.2) is 36.7 Å². The SMILES string of the molecule is CC(C)N1CCOC(CC#N)CC1. The third-order valence-electron chi connectivity index (χ3n) is 2.52. The van der Waals surface area contributed by atoms with E-state index in [1.165, 1.54) is 0 Å². The largest absolute Gasteiger partial charge is 0.376 e. The number of hydrogen-bond donors (Lipinski definition) is 0. The molecule has 0 bridgehead atoms. The van der Waals surface area contributed by atoms with Crippen molar-refractivity contribution in [3.05, 3.63) is 0 Å². The van der Waals surface area contributed by atoms with Crippen LogP contribution in [0.2, 0.25) is 0 Å². The van der Waals surface area contributed by atoms with E-state index in [-0.39, 0.29) is 6.10 Å².